The Bertz CT molecular complexity index is 787. The minimum Gasteiger partial charge on any atom is -0.496 e. The Morgan fingerprint density at radius 1 is 0.962 bits per heavy atom. The second kappa shape index (κ2) is 9.18. The molecule has 2 rings (SSSR count). The highest BCUT2D eigenvalue weighted by atomic mass is 127. The Morgan fingerprint density at radius 2 is 1.54 bits per heavy atom. The standard InChI is InChI=1S/C18H19ClINO5/c1-23-14-8-13(20)12(19)7-11(14)18(22)21-9-10-5-15(24-2)17(26-4)16(6-10)25-3/h5-8H,9H2,1-4H3,(H,21,22). The number of halogens is 2. The minimum atomic E-state index is -0.297. The first kappa shape index (κ1) is 20.4. The molecule has 0 bridgehead atoms. The zero-order chi connectivity index (χ0) is 19.3. The number of carbonyl (C=O) groups is 1. The lowest BCUT2D eigenvalue weighted by molar-refractivity contribution is 0.0947. The topological polar surface area (TPSA) is 66.0 Å². The van der Waals surface area contributed by atoms with Crippen molar-refractivity contribution in [2.24, 2.45) is 0 Å². The van der Waals surface area contributed by atoms with Crippen molar-refractivity contribution in [2.75, 3.05) is 28.4 Å². The fourth-order valence-corrected chi connectivity index (χ4v) is 2.99. The van der Waals surface area contributed by atoms with E-state index in [1.165, 1.54) is 28.4 Å². The third kappa shape index (κ3) is 4.45. The zero-order valence-electron chi connectivity index (χ0n) is 14.8. The van der Waals surface area contributed by atoms with Gasteiger partial charge in [-0.15, -0.1) is 0 Å². The van der Waals surface area contributed by atoms with E-state index in [0.717, 1.165) is 9.13 Å². The maximum absolute atomic E-state index is 12.6. The summed E-state index contributed by atoms with van der Waals surface area (Å²) in [7, 11) is 6.13. The minimum absolute atomic E-state index is 0.266. The zero-order valence-corrected chi connectivity index (χ0v) is 17.7. The SMILES string of the molecule is COc1cc(I)c(Cl)cc1C(=O)NCc1cc(OC)c(OC)c(OC)c1. The summed E-state index contributed by atoms with van der Waals surface area (Å²) in [5.41, 5.74) is 1.16. The van der Waals surface area contributed by atoms with E-state index in [1.54, 1.807) is 24.3 Å². The van der Waals surface area contributed by atoms with Crippen LogP contribution in [0.3, 0.4) is 0 Å². The molecule has 1 amide bonds. The Labute approximate surface area is 170 Å². The molecule has 2 aromatic carbocycles. The normalized spacial score (nSPS) is 10.2. The highest BCUT2D eigenvalue weighted by molar-refractivity contribution is 14.1. The number of rotatable bonds is 7. The first-order chi connectivity index (χ1) is 12.4. The molecule has 0 unspecified atom stereocenters. The first-order valence-corrected chi connectivity index (χ1v) is 9.00. The van der Waals surface area contributed by atoms with Crippen molar-refractivity contribution in [3.63, 3.8) is 0 Å². The van der Waals surface area contributed by atoms with Gasteiger partial charge < -0.3 is 24.3 Å². The second-order valence-electron chi connectivity index (χ2n) is 5.18. The van der Waals surface area contributed by atoms with Crippen LogP contribution in [0.25, 0.3) is 0 Å². The van der Waals surface area contributed by atoms with Gasteiger partial charge in [0.1, 0.15) is 5.75 Å². The lowest BCUT2D eigenvalue weighted by atomic mass is 10.1. The van der Waals surface area contributed by atoms with Crippen LogP contribution in [-0.4, -0.2) is 34.3 Å². The van der Waals surface area contributed by atoms with E-state index in [4.69, 9.17) is 30.5 Å². The molecule has 8 heteroatoms. The molecule has 1 N–H and O–H groups in total. The summed E-state index contributed by atoms with van der Waals surface area (Å²) in [6.45, 7) is 0.266. The number of methoxy groups -OCH3 is 4. The van der Waals surface area contributed by atoms with Crippen molar-refractivity contribution < 1.29 is 23.7 Å². The molecule has 0 aromatic heterocycles. The fourth-order valence-electron chi connectivity index (χ4n) is 2.39. The molecular weight excluding hydrogens is 473 g/mol. The molecular formula is C18H19ClINO5. The summed E-state index contributed by atoms with van der Waals surface area (Å²) in [4.78, 5) is 12.6. The monoisotopic (exact) mass is 491 g/mol. The van der Waals surface area contributed by atoms with E-state index in [1.807, 2.05) is 0 Å². The van der Waals surface area contributed by atoms with Crippen LogP contribution in [0.2, 0.25) is 5.02 Å². The largest absolute Gasteiger partial charge is 0.496 e. The van der Waals surface area contributed by atoms with E-state index in [-0.39, 0.29) is 12.5 Å². The van der Waals surface area contributed by atoms with Gasteiger partial charge in [0, 0.05) is 10.1 Å². The maximum atomic E-state index is 12.6. The first-order valence-electron chi connectivity index (χ1n) is 7.55. The quantitative estimate of drug-likeness (QED) is 0.595. The highest BCUT2D eigenvalue weighted by Gasteiger charge is 2.17. The van der Waals surface area contributed by atoms with Gasteiger partial charge >= 0.3 is 0 Å². The number of carbonyl (C=O) groups excluding carboxylic acids is 1. The van der Waals surface area contributed by atoms with E-state index >= 15 is 0 Å². The van der Waals surface area contributed by atoms with Gasteiger partial charge in [0.2, 0.25) is 5.75 Å². The van der Waals surface area contributed by atoms with Crippen molar-refractivity contribution in [3.05, 3.63) is 44.0 Å². The Kier molecular flexibility index (Phi) is 7.22. The second-order valence-corrected chi connectivity index (χ2v) is 6.75. The summed E-state index contributed by atoms with van der Waals surface area (Å²) in [6.07, 6.45) is 0. The summed E-state index contributed by atoms with van der Waals surface area (Å²) in [6, 6.07) is 6.86. The van der Waals surface area contributed by atoms with Crippen molar-refractivity contribution in [1.82, 2.24) is 5.32 Å². The molecule has 2 aromatic rings. The molecule has 6 nitrogen and oxygen atoms in total. The number of nitrogens with one attached hydrogen (secondary N) is 1. The third-order valence-corrected chi connectivity index (χ3v) is 5.19. The average Bonchev–Trinajstić information content (AvgIpc) is 2.66. The lowest BCUT2D eigenvalue weighted by Gasteiger charge is -2.15. The van der Waals surface area contributed by atoms with Gasteiger partial charge in [-0.2, -0.15) is 0 Å². The van der Waals surface area contributed by atoms with Crippen LogP contribution in [-0.2, 0) is 6.54 Å². The van der Waals surface area contributed by atoms with Crippen molar-refractivity contribution in [1.29, 1.82) is 0 Å². The number of ether oxygens (including phenoxy) is 4. The van der Waals surface area contributed by atoms with E-state index in [0.29, 0.717) is 33.6 Å². The molecule has 0 saturated carbocycles. The van der Waals surface area contributed by atoms with Gasteiger partial charge in [0.15, 0.2) is 11.5 Å². The van der Waals surface area contributed by atoms with Gasteiger partial charge in [-0.25, -0.2) is 0 Å². The molecule has 0 spiro atoms. The van der Waals surface area contributed by atoms with E-state index in [2.05, 4.69) is 27.9 Å². The van der Waals surface area contributed by atoms with Crippen molar-refractivity contribution in [3.8, 4) is 23.0 Å². The van der Waals surface area contributed by atoms with Crippen LogP contribution in [0, 0.1) is 3.57 Å². The van der Waals surface area contributed by atoms with E-state index < -0.39 is 0 Å². The molecule has 0 atom stereocenters. The Morgan fingerprint density at radius 3 is 2.04 bits per heavy atom. The summed E-state index contributed by atoms with van der Waals surface area (Å²) < 4.78 is 22.0. The van der Waals surface area contributed by atoms with Gasteiger partial charge in [0.25, 0.3) is 5.91 Å². The van der Waals surface area contributed by atoms with Crippen LogP contribution >= 0.6 is 34.2 Å². The predicted octanol–water partition coefficient (Wildman–Crippen LogP) is 3.91. The Balaban J connectivity index is 2.24. The van der Waals surface area contributed by atoms with Crippen LogP contribution in [0.4, 0.5) is 0 Å². The molecule has 0 aliphatic carbocycles. The number of hydrogen-bond acceptors (Lipinski definition) is 5. The molecule has 0 aliphatic rings. The lowest BCUT2D eigenvalue weighted by Crippen LogP contribution is -2.23. The fraction of sp³-hybridized carbons (Fsp3) is 0.278. The van der Waals surface area contributed by atoms with Gasteiger partial charge in [0.05, 0.1) is 39.0 Å². The smallest absolute Gasteiger partial charge is 0.255 e. The summed E-state index contributed by atoms with van der Waals surface area (Å²) >= 11 is 8.21. The summed E-state index contributed by atoms with van der Waals surface area (Å²) in [5, 5.41) is 3.33. The van der Waals surface area contributed by atoms with Gasteiger partial charge in [-0.05, 0) is 52.4 Å². The Hall–Kier alpha value is -1.87. The molecule has 0 saturated heterocycles. The number of benzene rings is 2. The van der Waals surface area contributed by atoms with Crippen molar-refractivity contribution in [2.45, 2.75) is 6.54 Å². The number of amides is 1. The molecule has 0 radical (unpaired) electrons. The van der Waals surface area contributed by atoms with E-state index in [9.17, 15) is 4.79 Å². The molecule has 140 valence electrons. The molecule has 0 fully saturated rings. The van der Waals surface area contributed by atoms with Gasteiger partial charge in [-0.1, -0.05) is 11.6 Å². The summed E-state index contributed by atoms with van der Waals surface area (Å²) in [5.74, 6) is 1.70. The van der Waals surface area contributed by atoms with Crippen LogP contribution in [0.15, 0.2) is 24.3 Å². The average molecular weight is 492 g/mol. The third-order valence-electron chi connectivity index (χ3n) is 3.66. The highest BCUT2D eigenvalue weighted by Crippen LogP contribution is 2.38. The van der Waals surface area contributed by atoms with Crippen LogP contribution in [0.5, 0.6) is 23.0 Å². The molecule has 0 heterocycles. The molecule has 26 heavy (non-hydrogen) atoms. The van der Waals surface area contributed by atoms with Crippen LogP contribution in [0.1, 0.15) is 15.9 Å². The number of hydrogen-bond donors (Lipinski definition) is 1. The predicted molar refractivity (Wildman–Crippen MR) is 108 cm³/mol. The molecule has 0 aliphatic heterocycles. The van der Waals surface area contributed by atoms with Crippen molar-refractivity contribution >= 4 is 40.1 Å². The maximum Gasteiger partial charge on any atom is 0.255 e. The van der Waals surface area contributed by atoms with Crippen LogP contribution < -0.4 is 24.3 Å². The van der Waals surface area contributed by atoms with Gasteiger partial charge in [-0.3, -0.25) is 4.79 Å².